The lowest BCUT2D eigenvalue weighted by Gasteiger charge is -2.09. The molecule has 0 unspecified atom stereocenters. The molecule has 1 aromatic heterocycles. The van der Waals surface area contributed by atoms with E-state index in [4.69, 9.17) is 0 Å². The van der Waals surface area contributed by atoms with Crippen molar-refractivity contribution in [3.63, 3.8) is 0 Å². The fourth-order valence-corrected chi connectivity index (χ4v) is 2.91. The van der Waals surface area contributed by atoms with Crippen molar-refractivity contribution in [2.75, 3.05) is 0 Å². The molecule has 0 aliphatic heterocycles. The third-order valence-electron chi connectivity index (χ3n) is 4.35. The first-order valence-electron chi connectivity index (χ1n) is 8.47. The SMILES string of the molecule is Cc1cc(Cn2c(C(F)(F)F)nn(-c3ccc(C(F)(F)F)cc3)c2=O)ccc1[N+](=O)[O-]. The molecule has 0 atom stereocenters. The first-order valence-corrected chi connectivity index (χ1v) is 8.47. The molecule has 0 radical (unpaired) electrons. The van der Waals surface area contributed by atoms with E-state index in [-0.39, 0.29) is 22.5 Å². The molecular weight excluding hydrogens is 434 g/mol. The van der Waals surface area contributed by atoms with Crippen molar-refractivity contribution in [2.45, 2.75) is 25.8 Å². The normalized spacial score (nSPS) is 12.2. The fraction of sp³-hybridized carbons (Fsp3) is 0.222. The predicted octanol–water partition coefficient (Wildman–Crippen LogP) is 4.34. The summed E-state index contributed by atoms with van der Waals surface area (Å²) in [5, 5.41) is 14.2. The maximum Gasteiger partial charge on any atom is 0.451 e. The molecule has 0 aliphatic rings. The van der Waals surface area contributed by atoms with E-state index in [1.807, 2.05) is 0 Å². The van der Waals surface area contributed by atoms with Crippen molar-refractivity contribution >= 4 is 5.69 Å². The number of alkyl halides is 6. The number of nitro benzene ring substituents is 1. The molecule has 31 heavy (non-hydrogen) atoms. The first-order chi connectivity index (χ1) is 14.3. The van der Waals surface area contributed by atoms with Crippen LogP contribution in [-0.4, -0.2) is 19.3 Å². The third kappa shape index (κ3) is 4.44. The minimum Gasteiger partial charge on any atom is -0.266 e. The zero-order valence-corrected chi connectivity index (χ0v) is 15.5. The molecule has 0 saturated carbocycles. The Morgan fingerprint density at radius 1 is 1.00 bits per heavy atom. The summed E-state index contributed by atoms with van der Waals surface area (Å²) in [5.74, 6) is -1.56. The van der Waals surface area contributed by atoms with Crippen LogP contribution in [0.15, 0.2) is 47.3 Å². The molecule has 0 spiro atoms. The Balaban J connectivity index is 2.07. The Bertz CT molecular complexity index is 1190. The standard InChI is InChI=1S/C18H12F6N4O3/c1-10-8-11(2-7-14(10)28(30)31)9-26-15(18(22,23)24)25-27(16(26)29)13-5-3-12(4-6-13)17(19,20)21/h2-8H,9H2,1H3. The molecule has 3 rings (SSSR count). The summed E-state index contributed by atoms with van der Waals surface area (Å²) in [6.45, 7) is 0.786. The maximum absolute atomic E-state index is 13.5. The summed E-state index contributed by atoms with van der Waals surface area (Å²) in [6, 6.07) is 6.47. The number of hydrogen-bond acceptors (Lipinski definition) is 4. The molecule has 0 amide bonds. The number of aryl methyl sites for hydroxylation is 1. The average Bonchev–Trinajstić information content (AvgIpc) is 2.98. The molecule has 0 bridgehead atoms. The number of halogens is 6. The number of hydrogen-bond donors (Lipinski definition) is 0. The minimum absolute atomic E-state index is 0.169. The summed E-state index contributed by atoms with van der Waals surface area (Å²) in [4.78, 5) is 22.9. The van der Waals surface area contributed by atoms with Crippen molar-refractivity contribution in [3.8, 4) is 5.69 Å². The Labute approximate surface area is 169 Å². The highest BCUT2D eigenvalue weighted by atomic mass is 19.4. The van der Waals surface area contributed by atoms with Gasteiger partial charge in [0.25, 0.3) is 5.69 Å². The van der Waals surface area contributed by atoms with Crippen molar-refractivity contribution in [1.82, 2.24) is 14.3 Å². The molecule has 3 aromatic rings. The Hall–Kier alpha value is -3.64. The van der Waals surface area contributed by atoms with Crippen LogP contribution in [-0.2, 0) is 18.9 Å². The van der Waals surface area contributed by atoms with Crippen molar-refractivity contribution in [3.05, 3.63) is 85.6 Å². The second-order valence-electron chi connectivity index (χ2n) is 6.52. The zero-order valence-electron chi connectivity index (χ0n) is 15.5. The number of aromatic nitrogens is 3. The van der Waals surface area contributed by atoms with Crippen molar-refractivity contribution < 1.29 is 31.3 Å². The van der Waals surface area contributed by atoms with Gasteiger partial charge in [-0.1, -0.05) is 6.07 Å². The van der Waals surface area contributed by atoms with Gasteiger partial charge in [-0.3, -0.25) is 14.7 Å². The van der Waals surface area contributed by atoms with E-state index in [2.05, 4.69) is 5.10 Å². The Morgan fingerprint density at radius 3 is 2.10 bits per heavy atom. The van der Waals surface area contributed by atoms with E-state index in [1.54, 1.807) is 0 Å². The molecule has 0 fully saturated rings. The Kier molecular flexibility index (Phi) is 5.38. The van der Waals surface area contributed by atoms with Gasteiger partial charge < -0.3 is 0 Å². The lowest BCUT2D eigenvalue weighted by atomic mass is 10.1. The monoisotopic (exact) mass is 446 g/mol. The number of nitrogens with zero attached hydrogens (tertiary/aromatic N) is 4. The van der Waals surface area contributed by atoms with Gasteiger partial charge in [0, 0.05) is 11.6 Å². The van der Waals surface area contributed by atoms with Crippen LogP contribution in [0.5, 0.6) is 0 Å². The van der Waals surface area contributed by atoms with Gasteiger partial charge in [-0.2, -0.15) is 31.0 Å². The summed E-state index contributed by atoms with van der Waals surface area (Å²) in [7, 11) is 0. The molecule has 7 nitrogen and oxygen atoms in total. The second-order valence-corrected chi connectivity index (χ2v) is 6.52. The van der Waals surface area contributed by atoms with Crippen molar-refractivity contribution in [2.24, 2.45) is 0 Å². The van der Waals surface area contributed by atoms with E-state index in [1.165, 1.54) is 19.1 Å². The molecule has 13 heteroatoms. The van der Waals surface area contributed by atoms with Gasteiger partial charge in [-0.15, -0.1) is 5.10 Å². The van der Waals surface area contributed by atoms with Gasteiger partial charge >= 0.3 is 18.0 Å². The summed E-state index contributed by atoms with van der Waals surface area (Å²) < 4.78 is 79.1. The lowest BCUT2D eigenvalue weighted by Crippen LogP contribution is -2.26. The first kappa shape index (κ1) is 22.1. The molecule has 0 saturated heterocycles. The average molecular weight is 446 g/mol. The summed E-state index contributed by atoms with van der Waals surface area (Å²) in [5.41, 5.74) is -2.46. The highest BCUT2D eigenvalue weighted by molar-refractivity contribution is 5.42. The number of benzene rings is 2. The van der Waals surface area contributed by atoms with Gasteiger partial charge in [0.15, 0.2) is 0 Å². The largest absolute Gasteiger partial charge is 0.451 e. The molecule has 0 N–H and O–H groups in total. The summed E-state index contributed by atoms with van der Waals surface area (Å²) >= 11 is 0. The number of nitro groups is 1. The van der Waals surface area contributed by atoms with Crippen LogP contribution in [0.25, 0.3) is 5.69 Å². The van der Waals surface area contributed by atoms with Gasteiger partial charge in [-0.25, -0.2) is 4.79 Å². The van der Waals surface area contributed by atoms with Gasteiger partial charge in [0.2, 0.25) is 5.82 Å². The zero-order chi connectivity index (χ0) is 23.1. The minimum atomic E-state index is -5.04. The van der Waals surface area contributed by atoms with Crippen LogP contribution >= 0.6 is 0 Å². The van der Waals surface area contributed by atoms with E-state index in [0.29, 0.717) is 21.4 Å². The highest BCUT2D eigenvalue weighted by Gasteiger charge is 2.39. The molecule has 2 aromatic carbocycles. The maximum atomic E-state index is 13.5. The van der Waals surface area contributed by atoms with Gasteiger partial charge in [0.1, 0.15) is 0 Å². The highest BCUT2D eigenvalue weighted by Crippen LogP contribution is 2.30. The van der Waals surface area contributed by atoms with E-state index < -0.39 is 40.9 Å². The quantitative estimate of drug-likeness (QED) is 0.339. The molecular formula is C18H12F6N4O3. The molecule has 164 valence electrons. The van der Waals surface area contributed by atoms with Gasteiger partial charge in [-0.05, 0) is 42.8 Å². The smallest absolute Gasteiger partial charge is 0.266 e. The predicted molar refractivity (Wildman–Crippen MR) is 94.8 cm³/mol. The third-order valence-corrected chi connectivity index (χ3v) is 4.35. The van der Waals surface area contributed by atoms with Crippen LogP contribution in [0.2, 0.25) is 0 Å². The number of rotatable bonds is 4. The Morgan fingerprint density at radius 2 is 1.61 bits per heavy atom. The van der Waals surface area contributed by atoms with Crippen molar-refractivity contribution in [1.29, 1.82) is 0 Å². The van der Waals surface area contributed by atoms with Crippen LogP contribution in [0.4, 0.5) is 32.0 Å². The van der Waals surface area contributed by atoms with Crippen LogP contribution in [0.3, 0.4) is 0 Å². The topological polar surface area (TPSA) is 83.0 Å². The fourth-order valence-electron chi connectivity index (χ4n) is 2.91. The van der Waals surface area contributed by atoms with E-state index in [0.717, 1.165) is 18.2 Å². The summed E-state index contributed by atoms with van der Waals surface area (Å²) in [6.07, 6.45) is -9.69. The molecule has 1 heterocycles. The van der Waals surface area contributed by atoms with Crippen LogP contribution in [0, 0.1) is 17.0 Å². The molecule has 0 aliphatic carbocycles. The van der Waals surface area contributed by atoms with Crippen LogP contribution in [0.1, 0.15) is 22.5 Å². The van der Waals surface area contributed by atoms with E-state index >= 15 is 0 Å². The second kappa shape index (κ2) is 7.56. The van der Waals surface area contributed by atoms with Gasteiger partial charge in [0.05, 0.1) is 22.7 Å². The van der Waals surface area contributed by atoms with E-state index in [9.17, 15) is 41.3 Å². The van der Waals surface area contributed by atoms with Crippen LogP contribution < -0.4 is 5.69 Å². The lowest BCUT2D eigenvalue weighted by molar-refractivity contribution is -0.385.